The number of carbonyl (C=O) groups excluding carboxylic acids is 1. The number of pyridine rings is 1. The lowest BCUT2D eigenvalue weighted by atomic mass is 10.2. The average molecular weight is 379 g/mol. The largest absolute Gasteiger partial charge is 0.319 e. The van der Waals surface area contributed by atoms with E-state index in [0.717, 1.165) is 16.6 Å². The van der Waals surface area contributed by atoms with Crippen molar-refractivity contribution < 1.29 is 13.6 Å². The number of hydrogen-bond donors (Lipinski definition) is 1. The Morgan fingerprint density at radius 2 is 1.91 bits per heavy atom. The molecule has 0 aliphatic heterocycles. The number of anilines is 1. The van der Waals surface area contributed by atoms with Gasteiger partial charge in [0.15, 0.2) is 5.82 Å². The molecule has 0 bridgehead atoms. The molecule has 0 atom stereocenters. The van der Waals surface area contributed by atoms with Crippen molar-refractivity contribution in [3.05, 3.63) is 70.6 Å². The van der Waals surface area contributed by atoms with E-state index < -0.39 is 23.1 Å². The third-order valence-corrected chi connectivity index (χ3v) is 3.40. The van der Waals surface area contributed by atoms with Crippen molar-refractivity contribution in [3.8, 4) is 5.82 Å². The summed E-state index contributed by atoms with van der Waals surface area (Å²) in [5.41, 5.74) is -0.375. The fourth-order valence-electron chi connectivity index (χ4n) is 1.99. The fraction of sp³-hybridized carbons (Fsp3) is 0. The Kier molecular flexibility index (Phi) is 4.16. The highest BCUT2D eigenvalue weighted by Crippen LogP contribution is 2.21. The van der Waals surface area contributed by atoms with Gasteiger partial charge in [-0.2, -0.15) is 5.10 Å². The van der Waals surface area contributed by atoms with Gasteiger partial charge in [-0.3, -0.25) is 4.79 Å². The minimum absolute atomic E-state index is 0.274. The summed E-state index contributed by atoms with van der Waals surface area (Å²) in [7, 11) is 0. The van der Waals surface area contributed by atoms with Gasteiger partial charge < -0.3 is 5.32 Å². The number of hydrogen-bond acceptors (Lipinski definition) is 3. The summed E-state index contributed by atoms with van der Waals surface area (Å²) in [5.74, 6) is -2.45. The second-order valence-corrected chi connectivity index (χ2v) is 5.44. The number of benzene rings is 1. The zero-order chi connectivity index (χ0) is 16.4. The van der Waals surface area contributed by atoms with Crippen LogP contribution < -0.4 is 5.32 Å². The molecule has 2 aromatic heterocycles. The van der Waals surface area contributed by atoms with Crippen LogP contribution >= 0.6 is 15.9 Å². The summed E-state index contributed by atoms with van der Waals surface area (Å²) in [5, 5.41) is 6.53. The number of rotatable bonds is 3. The Balaban J connectivity index is 1.96. The van der Waals surface area contributed by atoms with Crippen LogP contribution in [0, 0.1) is 11.6 Å². The zero-order valence-corrected chi connectivity index (χ0v) is 13.1. The van der Waals surface area contributed by atoms with Gasteiger partial charge in [-0.25, -0.2) is 18.4 Å². The Hall–Kier alpha value is -2.61. The highest BCUT2D eigenvalue weighted by molar-refractivity contribution is 9.10. The van der Waals surface area contributed by atoms with Gasteiger partial charge in [0.05, 0.1) is 16.4 Å². The second kappa shape index (κ2) is 6.25. The van der Waals surface area contributed by atoms with Crippen LogP contribution in [0.1, 0.15) is 10.4 Å². The molecule has 0 aliphatic carbocycles. The Bertz CT molecular complexity index is 861. The third-order valence-electron chi connectivity index (χ3n) is 2.99. The quantitative estimate of drug-likeness (QED) is 0.757. The maximum Gasteiger partial charge on any atom is 0.261 e. The van der Waals surface area contributed by atoms with Crippen molar-refractivity contribution in [1.82, 2.24) is 14.8 Å². The Labute approximate surface area is 138 Å². The molecule has 0 spiro atoms. The minimum Gasteiger partial charge on any atom is -0.319 e. The van der Waals surface area contributed by atoms with Gasteiger partial charge >= 0.3 is 0 Å². The lowest BCUT2D eigenvalue weighted by Gasteiger charge is -2.10. The maximum absolute atomic E-state index is 13.7. The summed E-state index contributed by atoms with van der Waals surface area (Å²) >= 11 is 3.26. The van der Waals surface area contributed by atoms with Gasteiger partial charge in [-0.05, 0) is 40.2 Å². The molecule has 0 fully saturated rings. The molecule has 3 rings (SSSR count). The molecule has 1 N–H and O–H groups in total. The molecule has 23 heavy (non-hydrogen) atoms. The predicted octanol–water partition coefficient (Wildman–Crippen LogP) is 3.56. The van der Waals surface area contributed by atoms with E-state index in [1.54, 1.807) is 24.5 Å². The Morgan fingerprint density at radius 3 is 2.57 bits per heavy atom. The van der Waals surface area contributed by atoms with Crippen molar-refractivity contribution >= 4 is 27.5 Å². The SMILES string of the molecule is O=C(Nc1cccnc1-n1cc(Br)cn1)c1c(F)cccc1F. The molecule has 0 saturated carbocycles. The summed E-state index contributed by atoms with van der Waals surface area (Å²) < 4.78 is 29.5. The minimum atomic E-state index is -0.935. The normalized spacial score (nSPS) is 10.6. The molecule has 116 valence electrons. The van der Waals surface area contributed by atoms with Crippen LogP contribution in [-0.4, -0.2) is 20.7 Å². The van der Waals surface area contributed by atoms with E-state index in [0.29, 0.717) is 5.82 Å². The molecule has 0 aliphatic rings. The average Bonchev–Trinajstić information content (AvgIpc) is 2.94. The number of nitrogens with one attached hydrogen (secondary N) is 1. The number of amides is 1. The summed E-state index contributed by atoms with van der Waals surface area (Å²) in [6, 6.07) is 6.39. The van der Waals surface area contributed by atoms with Crippen molar-refractivity contribution in [3.63, 3.8) is 0 Å². The highest BCUT2D eigenvalue weighted by atomic mass is 79.9. The molecule has 1 amide bonds. The van der Waals surface area contributed by atoms with E-state index in [4.69, 9.17) is 0 Å². The van der Waals surface area contributed by atoms with Gasteiger partial charge in [-0.1, -0.05) is 6.07 Å². The number of halogens is 3. The van der Waals surface area contributed by atoms with Crippen molar-refractivity contribution in [1.29, 1.82) is 0 Å². The first-order valence-corrected chi connectivity index (χ1v) is 7.26. The molecular weight excluding hydrogens is 370 g/mol. The first-order valence-electron chi connectivity index (χ1n) is 6.47. The summed E-state index contributed by atoms with van der Waals surface area (Å²) in [4.78, 5) is 16.3. The number of nitrogens with zero attached hydrogens (tertiary/aromatic N) is 3. The van der Waals surface area contributed by atoms with Crippen LogP contribution in [0.2, 0.25) is 0 Å². The zero-order valence-electron chi connectivity index (χ0n) is 11.5. The van der Waals surface area contributed by atoms with Crippen LogP contribution in [0.3, 0.4) is 0 Å². The van der Waals surface area contributed by atoms with Crippen LogP contribution in [-0.2, 0) is 0 Å². The van der Waals surface area contributed by atoms with Gasteiger partial charge in [0.1, 0.15) is 17.2 Å². The van der Waals surface area contributed by atoms with E-state index in [9.17, 15) is 13.6 Å². The summed E-state index contributed by atoms with van der Waals surface area (Å²) in [6.07, 6.45) is 4.71. The summed E-state index contributed by atoms with van der Waals surface area (Å²) in [6.45, 7) is 0. The van der Waals surface area contributed by atoms with E-state index in [1.165, 1.54) is 16.9 Å². The van der Waals surface area contributed by atoms with Crippen LogP contribution in [0.5, 0.6) is 0 Å². The fourth-order valence-corrected chi connectivity index (χ4v) is 2.28. The third kappa shape index (κ3) is 3.11. The van der Waals surface area contributed by atoms with Gasteiger partial charge in [0.25, 0.3) is 5.91 Å². The van der Waals surface area contributed by atoms with Crippen LogP contribution in [0.15, 0.2) is 53.4 Å². The highest BCUT2D eigenvalue weighted by Gasteiger charge is 2.19. The van der Waals surface area contributed by atoms with E-state index >= 15 is 0 Å². The topological polar surface area (TPSA) is 59.8 Å². The first-order chi connectivity index (χ1) is 11.1. The second-order valence-electron chi connectivity index (χ2n) is 4.53. The Morgan fingerprint density at radius 1 is 1.17 bits per heavy atom. The van der Waals surface area contributed by atoms with Crippen molar-refractivity contribution in [2.45, 2.75) is 0 Å². The number of aromatic nitrogens is 3. The smallest absolute Gasteiger partial charge is 0.261 e. The molecule has 0 radical (unpaired) electrons. The van der Waals surface area contributed by atoms with Crippen LogP contribution in [0.25, 0.3) is 5.82 Å². The van der Waals surface area contributed by atoms with Crippen LogP contribution in [0.4, 0.5) is 14.5 Å². The van der Waals surface area contributed by atoms with E-state index in [-0.39, 0.29) is 5.69 Å². The van der Waals surface area contributed by atoms with E-state index in [1.807, 2.05) is 0 Å². The molecule has 8 heteroatoms. The van der Waals surface area contributed by atoms with Gasteiger partial charge in [0, 0.05) is 12.4 Å². The van der Waals surface area contributed by atoms with Gasteiger partial charge in [-0.15, -0.1) is 0 Å². The lowest BCUT2D eigenvalue weighted by Crippen LogP contribution is -2.17. The molecule has 2 heterocycles. The molecule has 0 saturated heterocycles. The molecule has 1 aromatic carbocycles. The molecule has 3 aromatic rings. The standard InChI is InChI=1S/C15H9BrF2N4O/c16-9-7-20-22(8-9)14-12(5-2-6-19-14)21-15(23)13-10(17)3-1-4-11(13)18/h1-8H,(H,21,23). The van der Waals surface area contributed by atoms with Crippen molar-refractivity contribution in [2.24, 2.45) is 0 Å². The molecule has 0 unspecified atom stereocenters. The van der Waals surface area contributed by atoms with Gasteiger partial charge in [0.2, 0.25) is 0 Å². The maximum atomic E-state index is 13.7. The molecular formula is C15H9BrF2N4O. The number of carbonyl (C=O) groups is 1. The van der Waals surface area contributed by atoms with E-state index in [2.05, 4.69) is 31.3 Å². The molecule has 5 nitrogen and oxygen atoms in total. The monoisotopic (exact) mass is 378 g/mol. The predicted molar refractivity (Wildman–Crippen MR) is 83.4 cm³/mol. The lowest BCUT2D eigenvalue weighted by molar-refractivity contribution is 0.101. The van der Waals surface area contributed by atoms with Crippen molar-refractivity contribution in [2.75, 3.05) is 5.32 Å². The first kappa shape index (κ1) is 15.3.